The highest BCUT2D eigenvalue weighted by atomic mass is 16.5. The molecule has 0 saturated carbocycles. The number of ether oxygens (including phenoxy) is 2. The molecule has 8 nitrogen and oxygen atoms in total. The minimum Gasteiger partial charge on any atom is -0.497 e. The summed E-state index contributed by atoms with van der Waals surface area (Å²) in [5.74, 6) is 0.0881. The van der Waals surface area contributed by atoms with Gasteiger partial charge in [-0.2, -0.15) is 0 Å². The zero-order valence-corrected chi connectivity index (χ0v) is 14.1. The molecule has 0 bridgehead atoms. The van der Waals surface area contributed by atoms with Crippen molar-refractivity contribution in [2.75, 3.05) is 26.1 Å². The van der Waals surface area contributed by atoms with Gasteiger partial charge in [0.15, 0.2) is 0 Å². The van der Waals surface area contributed by atoms with Gasteiger partial charge in [-0.1, -0.05) is 6.92 Å². The molecule has 1 aliphatic rings. The van der Waals surface area contributed by atoms with Gasteiger partial charge in [0.1, 0.15) is 23.6 Å². The Balaban J connectivity index is 2.09. The standard InChI is InChI=1S/C16H21N3O5/c1-5-16(2)14(21)19(15(22)18-16)9-13(20)17-11-7-6-10(23-3)8-12(11)24-4/h6-8H,5,9H2,1-4H3,(H,17,20)(H,18,22)/t16-/m0/s1. The number of benzene rings is 1. The van der Waals surface area contributed by atoms with Gasteiger partial charge in [-0.3, -0.25) is 14.5 Å². The monoisotopic (exact) mass is 335 g/mol. The van der Waals surface area contributed by atoms with Crippen molar-refractivity contribution in [3.05, 3.63) is 18.2 Å². The molecule has 2 rings (SSSR count). The van der Waals surface area contributed by atoms with Crippen LogP contribution in [-0.4, -0.2) is 49.0 Å². The van der Waals surface area contributed by atoms with Crippen molar-refractivity contribution < 1.29 is 23.9 Å². The van der Waals surface area contributed by atoms with E-state index in [2.05, 4.69) is 10.6 Å². The summed E-state index contributed by atoms with van der Waals surface area (Å²) < 4.78 is 10.3. The van der Waals surface area contributed by atoms with E-state index in [1.54, 1.807) is 32.0 Å². The number of carbonyl (C=O) groups is 3. The third-order valence-electron chi connectivity index (χ3n) is 4.04. The fourth-order valence-electron chi connectivity index (χ4n) is 2.37. The van der Waals surface area contributed by atoms with Crippen LogP contribution in [0.1, 0.15) is 20.3 Å². The molecule has 1 aromatic carbocycles. The van der Waals surface area contributed by atoms with Crippen LogP contribution >= 0.6 is 0 Å². The Bertz CT molecular complexity index is 676. The van der Waals surface area contributed by atoms with Crippen molar-refractivity contribution in [1.29, 1.82) is 0 Å². The molecule has 2 N–H and O–H groups in total. The number of methoxy groups -OCH3 is 2. The molecule has 1 saturated heterocycles. The van der Waals surface area contributed by atoms with Crippen molar-refractivity contribution in [2.45, 2.75) is 25.8 Å². The van der Waals surface area contributed by atoms with Crippen molar-refractivity contribution in [3.63, 3.8) is 0 Å². The number of amides is 4. The number of hydrogen-bond donors (Lipinski definition) is 2. The Morgan fingerprint density at radius 2 is 2.00 bits per heavy atom. The lowest BCUT2D eigenvalue weighted by Gasteiger charge is -2.19. The van der Waals surface area contributed by atoms with Crippen LogP contribution in [0.15, 0.2) is 18.2 Å². The van der Waals surface area contributed by atoms with Crippen molar-refractivity contribution >= 4 is 23.5 Å². The van der Waals surface area contributed by atoms with Gasteiger partial charge in [-0.05, 0) is 25.5 Å². The topological polar surface area (TPSA) is 97.0 Å². The average molecular weight is 335 g/mol. The first-order valence-electron chi connectivity index (χ1n) is 7.50. The molecular weight excluding hydrogens is 314 g/mol. The highest BCUT2D eigenvalue weighted by Gasteiger charge is 2.46. The van der Waals surface area contributed by atoms with Crippen LogP contribution in [0.2, 0.25) is 0 Å². The summed E-state index contributed by atoms with van der Waals surface area (Å²) in [7, 11) is 2.99. The second-order valence-electron chi connectivity index (χ2n) is 5.62. The number of carbonyl (C=O) groups excluding carboxylic acids is 3. The fraction of sp³-hybridized carbons (Fsp3) is 0.438. The van der Waals surface area contributed by atoms with Crippen LogP contribution in [0.5, 0.6) is 11.5 Å². The largest absolute Gasteiger partial charge is 0.497 e. The molecule has 0 spiro atoms. The Morgan fingerprint density at radius 1 is 1.29 bits per heavy atom. The Kier molecular flexibility index (Phi) is 4.96. The van der Waals surface area contributed by atoms with Gasteiger partial charge in [-0.15, -0.1) is 0 Å². The summed E-state index contributed by atoms with van der Waals surface area (Å²) in [6.45, 7) is 3.07. The van der Waals surface area contributed by atoms with Crippen LogP contribution < -0.4 is 20.1 Å². The molecule has 0 radical (unpaired) electrons. The number of hydrogen-bond acceptors (Lipinski definition) is 5. The zero-order chi connectivity index (χ0) is 17.9. The summed E-state index contributed by atoms with van der Waals surface area (Å²) in [6, 6.07) is 4.34. The lowest BCUT2D eigenvalue weighted by molar-refractivity contribution is -0.133. The summed E-state index contributed by atoms with van der Waals surface area (Å²) >= 11 is 0. The molecule has 8 heteroatoms. The fourth-order valence-corrected chi connectivity index (χ4v) is 2.37. The van der Waals surface area contributed by atoms with Crippen molar-refractivity contribution in [2.24, 2.45) is 0 Å². The van der Waals surface area contributed by atoms with E-state index in [1.165, 1.54) is 14.2 Å². The average Bonchev–Trinajstić information content (AvgIpc) is 2.79. The molecular formula is C16H21N3O5. The molecule has 0 unspecified atom stereocenters. The van der Waals surface area contributed by atoms with E-state index in [-0.39, 0.29) is 6.54 Å². The number of urea groups is 1. The summed E-state index contributed by atoms with van der Waals surface area (Å²) in [5.41, 5.74) is -0.538. The molecule has 1 heterocycles. The third-order valence-corrected chi connectivity index (χ3v) is 4.04. The molecule has 0 aliphatic carbocycles. The minimum absolute atomic E-state index is 0.366. The predicted molar refractivity (Wildman–Crippen MR) is 87.1 cm³/mol. The smallest absolute Gasteiger partial charge is 0.325 e. The van der Waals surface area contributed by atoms with Gasteiger partial charge in [0.2, 0.25) is 5.91 Å². The van der Waals surface area contributed by atoms with Gasteiger partial charge in [-0.25, -0.2) is 4.79 Å². The number of nitrogens with one attached hydrogen (secondary N) is 2. The predicted octanol–water partition coefficient (Wildman–Crippen LogP) is 1.36. The quantitative estimate of drug-likeness (QED) is 0.765. The molecule has 24 heavy (non-hydrogen) atoms. The van der Waals surface area contributed by atoms with E-state index in [0.717, 1.165) is 4.90 Å². The van der Waals surface area contributed by atoms with Gasteiger partial charge in [0, 0.05) is 6.07 Å². The molecule has 130 valence electrons. The zero-order valence-electron chi connectivity index (χ0n) is 14.1. The molecule has 1 fully saturated rings. The number of rotatable bonds is 6. The first-order valence-corrected chi connectivity index (χ1v) is 7.50. The van der Waals surface area contributed by atoms with E-state index in [4.69, 9.17) is 9.47 Å². The van der Waals surface area contributed by atoms with E-state index in [9.17, 15) is 14.4 Å². The summed E-state index contributed by atoms with van der Waals surface area (Å²) in [4.78, 5) is 37.3. The molecule has 1 aliphatic heterocycles. The van der Waals surface area contributed by atoms with E-state index >= 15 is 0 Å². The number of nitrogens with zero attached hydrogens (tertiary/aromatic N) is 1. The molecule has 0 aromatic heterocycles. The SMILES string of the molecule is CC[C@]1(C)NC(=O)N(CC(=O)Nc2ccc(OC)cc2OC)C1=O. The lowest BCUT2D eigenvalue weighted by Crippen LogP contribution is -2.44. The molecule has 1 aromatic rings. The Morgan fingerprint density at radius 3 is 2.54 bits per heavy atom. The third kappa shape index (κ3) is 3.27. The van der Waals surface area contributed by atoms with Gasteiger partial charge < -0.3 is 20.1 Å². The van der Waals surface area contributed by atoms with Crippen LogP contribution in [-0.2, 0) is 9.59 Å². The normalized spacial score (nSPS) is 19.9. The Hall–Kier alpha value is -2.77. The molecule has 4 amide bonds. The lowest BCUT2D eigenvalue weighted by atomic mass is 9.99. The van der Waals surface area contributed by atoms with Gasteiger partial charge in [0.25, 0.3) is 5.91 Å². The Labute approximate surface area is 140 Å². The van der Waals surface area contributed by atoms with E-state index in [0.29, 0.717) is 23.6 Å². The second-order valence-corrected chi connectivity index (χ2v) is 5.62. The van der Waals surface area contributed by atoms with Gasteiger partial charge >= 0.3 is 6.03 Å². The summed E-state index contributed by atoms with van der Waals surface area (Å²) in [6.07, 6.45) is 0.446. The first-order chi connectivity index (χ1) is 11.3. The maximum Gasteiger partial charge on any atom is 0.325 e. The highest BCUT2D eigenvalue weighted by molar-refractivity contribution is 6.10. The van der Waals surface area contributed by atoms with Crippen molar-refractivity contribution in [1.82, 2.24) is 10.2 Å². The van der Waals surface area contributed by atoms with Crippen LogP contribution in [0.25, 0.3) is 0 Å². The van der Waals surface area contributed by atoms with Crippen LogP contribution in [0, 0.1) is 0 Å². The minimum atomic E-state index is -0.963. The second kappa shape index (κ2) is 6.77. The maximum atomic E-state index is 12.3. The van der Waals surface area contributed by atoms with Crippen LogP contribution in [0.4, 0.5) is 10.5 Å². The maximum absolute atomic E-state index is 12.3. The van der Waals surface area contributed by atoms with Crippen LogP contribution in [0.3, 0.4) is 0 Å². The van der Waals surface area contributed by atoms with E-state index < -0.39 is 23.4 Å². The molecule has 1 atom stereocenters. The summed E-state index contributed by atoms with van der Waals surface area (Å²) in [5, 5.41) is 5.24. The highest BCUT2D eigenvalue weighted by Crippen LogP contribution is 2.29. The number of imide groups is 1. The van der Waals surface area contributed by atoms with E-state index in [1.807, 2.05) is 0 Å². The first kappa shape index (κ1) is 17.6. The number of anilines is 1. The van der Waals surface area contributed by atoms with Crippen molar-refractivity contribution in [3.8, 4) is 11.5 Å². The van der Waals surface area contributed by atoms with Gasteiger partial charge in [0.05, 0.1) is 19.9 Å².